The zero-order valence-electron chi connectivity index (χ0n) is 12.5. The highest BCUT2D eigenvalue weighted by Crippen LogP contribution is 2.22. The van der Waals surface area contributed by atoms with Crippen molar-refractivity contribution >= 4 is 15.9 Å². The molecule has 0 spiro atoms. The zero-order valence-corrected chi connectivity index (χ0v) is 14.1. The van der Waals surface area contributed by atoms with Gasteiger partial charge in [-0.2, -0.15) is 0 Å². The van der Waals surface area contributed by atoms with Gasteiger partial charge < -0.3 is 13.9 Å². The lowest BCUT2D eigenvalue weighted by Crippen LogP contribution is -1.96. The quantitative estimate of drug-likeness (QED) is 0.636. The van der Waals surface area contributed by atoms with Gasteiger partial charge in [0.2, 0.25) is 5.89 Å². The van der Waals surface area contributed by atoms with Gasteiger partial charge in [-0.3, -0.25) is 0 Å². The summed E-state index contributed by atoms with van der Waals surface area (Å²) >= 11 is 3.39. The van der Waals surface area contributed by atoms with Crippen LogP contribution >= 0.6 is 15.9 Å². The van der Waals surface area contributed by atoms with E-state index in [4.69, 9.17) is 13.9 Å². The summed E-state index contributed by atoms with van der Waals surface area (Å²) in [4.78, 5) is 0. The number of halogens is 1. The molecule has 0 fully saturated rings. The number of nitrogens with zero attached hydrogens (tertiary/aromatic N) is 2. The van der Waals surface area contributed by atoms with Gasteiger partial charge in [0.25, 0.3) is 5.89 Å². The van der Waals surface area contributed by atoms with Gasteiger partial charge in [-0.05, 0) is 55.5 Å². The number of ether oxygens (including phenoxy) is 2. The standard InChI is InChI=1S/C17H15BrN2O3/c1-2-21-14-7-9-15(10-8-14)22-11-16-19-20-17(23-16)12-3-5-13(18)6-4-12/h3-10H,2,11H2,1H3. The summed E-state index contributed by atoms with van der Waals surface area (Å²) in [5, 5.41) is 8.03. The average molecular weight is 375 g/mol. The fraction of sp³-hybridized carbons (Fsp3) is 0.176. The van der Waals surface area contributed by atoms with E-state index in [-0.39, 0.29) is 6.61 Å². The molecule has 0 unspecified atom stereocenters. The Labute approximate surface area is 142 Å². The summed E-state index contributed by atoms with van der Waals surface area (Å²) in [5.41, 5.74) is 0.869. The Morgan fingerprint density at radius 3 is 2.22 bits per heavy atom. The van der Waals surface area contributed by atoms with Gasteiger partial charge in [-0.15, -0.1) is 10.2 Å². The van der Waals surface area contributed by atoms with E-state index in [1.807, 2.05) is 55.5 Å². The van der Waals surface area contributed by atoms with Crippen LogP contribution in [0.2, 0.25) is 0 Å². The molecule has 0 aliphatic heterocycles. The largest absolute Gasteiger partial charge is 0.494 e. The molecule has 1 aromatic heterocycles. The Balaban J connectivity index is 1.61. The zero-order chi connectivity index (χ0) is 16.1. The minimum atomic E-state index is 0.220. The third-order valence-corrected chi connectivity index (χ3v) is 3.58. The van der Waals surface area contributed by atoms with Crippen molar-refractivity contribution in [2.24, 2.45) is 0 Å². The smallest absolute Gasteiger partial charge is 0.254 e. The molecule has 0 amide bonds. The van der Waals surface area contributed by atoms with E-state index in [9.17, 15) is 0 Å². The Morgan fingerprint density at radius 2 is 1.57 bits per heavy atom. The van der Waals surface area contributed by atoms with Crippen molar-refractivity contribution in [3.8, 4) is 23.0 Å². The summed E-state index contributed by atoms with van der Waals surface area (Å²) in [5.74, 6) is 2.44. The molecule has 3 rings (SSSR count). The van der Waals surface area contributed by atoms with Crippen molar-refractivity contribution in [3.05, 3.63) is 58.9 Å². The molecule has 0 saturated heterocycles. The minimum Gasteiger partial charge on any atom is -0.494 e. The number of aromatic nitrogens is 2. The molecule has 0 atom stereocenters. The van der Waals surface area contributed by atoms with Crippen LogP contribution in [0.4, 0.5) is 0 Å². The van der Waals surface area contributed by atoms with E-state index in [1.165, 1.54) is 0 Å². The molecule has 2 aromatic carbocycles. The van der Waals surface area contributed by atoms with Gasteiger partial charge in [-0.1, -0.05) is 15.9 Å². The lowest BCUT2D eigenvalue weighted by atomic mass is 10.2. The summed E-state index contributed by atoms with van der Waals surface area (Å²) in [7, 11) is 0. The Hall–Kier alpha value is -2.34. The number of hydrogen-bond donors (Lipinski definition) is 0. The first kappa shape index (κ1) is 15.6. The van der Waals surface area contributed by atoms with Gasteiger partial charge >= 0.3 is 0 Å². The fourth-order valence-electron chi connectivity index (χ4n) is 1.96. The highest BCUT2D eigenvalue weighted by atomic mass is 79.9. The van der Waals surface area contributed by atoms with Crippen molar-refractivity contribution < 1.29 is 13.9 Å². The molecule has 118 valence electrons. The fourth-order valence-corrected chi connectivity index (χ4v) is 2.23. The molecule has 0 N–H and O–H groups in total. The van der Waals surface area contributed by atoms with Crippen LogP contribution < -0.4 is 9.47 Å². The van der Waals surface area contributed by atoms with E-state index in [2.05, 4.69) is 26.1 Å². The SMILES string of the molecule is CCOc1ccc(OCc2nnc(-c3ccc(Br)cc3)o2)cc1. The number of benzene rings is 2. The first-order valence-electron chi connectivity index (χ1n) is 7.18. The maximum Gasteiger partial charge on any atom is 0.254 e. The molecule has 0 radical (unpaired) electrons. The summed E-state index contributed by atoms with van der Waals surface area (Å²) < 4.78 is 17.6. The summed E-state index contributed by atoms with van der Waals surface area (Å²) in [6, 6.07) is 15.1. The molecule has 5 nitrogen and oxygen atoms in total. The maximum atomic E-state index is 5.63. The third-order valence-electron chi connectivity index (χ3n) is 3.06. The number of rotatable bonds is 6. The van der Waals surface area contributed by atoms with Crippen LogP contribution in [0.5, 0.6) is 11.5 Å². The monoisotopic (exact) mass is 374 g/mol. The van der Waals surface area contributed by atoms with Gasteiger partial charge in [0.15, 0.2) is 6.61 Å². The lowest BCUT2D eigenvalue weighted by Gasteiger charge is -2.05. The van der Waals surface area contributed by atoms with Crippen LogP contribution in [0.3, 0.4) is 0 Å². The van der Waals surface area contributed by atoms with Gasteiger partial charge in [0, 0.05) is 10.0 Å². The highest BCUT2D eigenvalue weighted by Gasteiger charge is 2.09. The van der Waals surface area contributed by atoms with Crippen molar-refractivity contribution in [1.82, 2.24) is 10.2 Å². The molecular weight excluding hydrogens is 360 g/mol. The van der Waals surface area contributed by atoms with E-state index >= 15 is 0 Å². The van der Waals surface area contributed by atoms with Crippen molar-refractivity contribution in [1.29, 1.82) is 0 Å². The molecule has 1 heterocycles. The predicted octanol–water partition coefficient (Wildman–Crippen LogP) is 4.48. The van der Waals surface area contributed by atoms with E-state index in [1.54, 1.807) is 0 Å². The van der Waals surface area contributed by atoms with Gasteiger partial charge in [0.1, 0.15) is 11.5 Å². The van der Waals surface area contributed by atoms with Gasteiger partial charge in [0.05, 0.1) is 6.61 Å². The maximum absolute atomic E-state index is 5.63. The number of hydrogen-bond acceptors (Lipinski definition) is 5. The molecular formula is C17H15BrN2O3. The molecule has 6 heteroatoms. The third kappa shape index (κ3) is 4.10. The molecule has 0 bridgehead atoms. The van der Waals surface area contributed by atoms with Crippen LogP contribution in [0.25, 0.3) is 11.5 Å². The second kappa shape index (κ2) is 7.28. The molecule has 0 aliphatic rings. The van der Waals surface area contributed by atoms with Crippen molar-refractivity contribution in [2.45, 2.75) is 13.5 Å². The van der Waals surface area contributed by atoms with Crippen molar-refractivity contribution in [3.63, 3.8) is 0 Å². The van der Waals surface area contributed by atoms with Crippen LogP contribution in [0.1, 0.15) is 12.8 Å². The molecule has 3 aromatic rings. The van der Waals surface area contributed by atoms with Gasteiger partial charge in [-0.25, -0.2) is 0 Å². The van der Waals surface area contributed by atoms with E-state index in [0.717, 1.165) is 21.5 Å². The second-order valence-corrected chi connectivity index (χ2v) is 5.62. The predicted molar refractivity (Wildman–Crippen MR) is 89.4 cm³/mol. The van der Waals surface area contributed by atoms with Crippen LogP contribution in [-0.2, 0) is 6.61 Å². The van der Waals surface area contributed by atoms with E-state index < -0.39 is 0 Å². The van der Waals surface area contributed by atoms with Crippen LogP contribution in [0, 0.1) is 0 Å². The molecule has 23 heavy (non-hydrogen) atoms. The first-order chi connectivity index (χ1) is 11.2. The highest BCUT2D eigenvalue weighted by molar-refractivity contribution is 9.10. The normalized spacial score (nSPS) is 10.5. The Morgan fingerprint density at radius 1 is 0.913 bits per heavy atom. The van der Waals surface area contributed by atoms with Crippen molar-refractivity contribution in [2.75, 3.05) is 6.61 Å². The van der Waals surface area contributed by atoms with E-state index in [0.29, 0.717) is 18.4 Å². The molecule has 0 saturated carbocycles. The Bertz CT molecular complexity index is 754. The Kier molecular flexibility index (Phi) is 4.92. The lowest BCUT2D eigenvalue weighted by molar-refractivity contribution is 0.264. The average Bonchev–Trinajstić information content (AvgIpc) is 3.04. The summed E-state index contributed by atoms with van der Waals surface area (Å²) in [6.07, 6.45) is 0. The minimum absolute atomic E-state index is 0.220. The van der Waals surface area contributed by atoms with Crippen LogP contribution in [-0.4, -0.2) is 16.8 Å². The first-order valence-corrected chi connectivity index (χ1v) is 7.98. The molecule has 0 aliphatic carbocycles. The van der Waals surface area contributed by atoms with Crippen LogP contribution in [0.15, 0.2) is 57.4 Å². The topological polar surface area (TPSA) is 57.4 Å². The second-order valence-electron chi connectivity index (χ2n) is 4.70. The summed E-state index contributed by atoms with van der Waals surface area (Å²) in [6.45, 7) is 2.81.